The molecule has 1 nitrogen and oxygen atoms in total. The molecule has 0 aliphatic heterocycles. The van der Waals surface area contributed by atoms with E-state index in [1.807, 2.05) is 19.1 Å². The van der Waals surface area contributed by atoms with E-state index in [0.29, 0.717) is 0 Å². The first-order chi connectivity index (χ1) is 5.74. The minimum absolute atomic E-state index is 0.728. The molecule has 1 rings (SSSR count). The second-order valence-corrected chi connectivity index (χ2v) is 2.96. The highest BCUT2D eigenvalue weighted by molar-refractivity contribution is 5.35. The summed E-state index contributed by atoms with van der Waals surface area (Å²) in [6.45, 7) is 6.93. The largest absolute Gasteiger partial charge is 0.494 e. The van der Waals surface area contributed by atoms with E-state index >= 15 is 0 Å². The van der Waals surface area contributed by atoms with Crippen LogP contribution in [0.25, 0.3) is 0 Å². The molecule has 0 aliphatic rings. The SMILES string of the molecule is CCOc1cccc([C](C)C)c1. The number of benzene rings is 1. The van der Waals surface area contributed by atoms with Crippen LogP contribution in [0.5, 0.6) is 5.75 Å². The lowest BCUT2D eigenvalue weighted by Crippen LogP contribution is -1.93. The van der Waals surface area contributed by atoms with Gasteiger partial charge in [0, 0.05) is 0 Å². The van der Waals surface area contributed by atoms with Crippen molar-refractivity contribution in [3.05, 3.63) is 35.7 Å². The van der Waals surface area contributed by atoms with Gasteiger partial charge >= 0.3 is 0 Å². The maximum atomic E-state index is 5.38. The van der Waals surface area contributed by atoms with E-state index in [0.717, 1.165) is 12.4 Å². The Morgan fingerprint density at radius 1 is 1.33 bits per heavy atom. The third-order valence-corrected chi connectivity index (χ3v) is 1.72. The van der Waals surface area contributed by atoms with Crippen molar-refractivity contribution < 1.29 is 4.74 Å². The second-order valence-electron chi connectivity index (χ2n) is 2.96. The highest BCUT2D eigenvalue weighted by atomic mass is 16.5. The predicted octanol–water partition coefficient (Wildman–Crippen LogP) is 3.05. The van der Waals surface area contributed by atoms with Crippen LogP contribution in [0.15, 0.2) is 24.3 Å². The average molecular weight is 163 g/mol. The molecule has 1 heteroatoms. The highest BCUT2D eigenvalue weighted by Gasteiger charge is 1.99. The lowest BCUT2D eigenvalue weighted by molar-refractivity contribution is 0.340. The van der Waals surface area contributed by atoms with Crippen LogP contribution in [-0.4, -0.2) is 6.61 Å². The molecule has 65 valence electrons. The van der Waals surface area contributed by atoms with Crippen LogP contribution in [0, 0.1) is 5.92 Å². The summed E-state index contributed by atoms with van der Waals surface area (Å²) in [6, 6.07) is 8.17. The summed E-state index contributed by atoms with van der Waals surface area (Å²) >= 11 is 0. The molecule has 0 fully saturated rings. The topological polar surface area (TPSA) is 9.23 Å². The van der Waals surface area contributed by atoms with Gasteiger partial charge in [0.2, 0.25) is 0 Å². The molecular formula is C11H15O. The standard InChI is InChI=1S/C11H15O/c1-4-12-11-7-5-6-10(8-11)9(2)3/h5-8H,4H2,1-3H3. The van der Waals surface area contributed by atoms with Crippen LogP contribution in [0.1, 0.15) is 26.3 Å². The summed E-state index contributed by atoms with van der Waals surface area (Å²) < 4.78 is 5.38. The zero-order valence-corrected chi connectivity index (χ0v) is 7.92. The van der Waals surface area contributed by atoms with E-state index in [2.05, 4.69) is 26.0 Å². The molecule has 0 spiro atoms. The predicted molar refractivity (Wildman–Crippen MR) is 51.3 cm³/mol. The quantitative estimate of drug-likeness (QED) is 0.665. The van der Waals surface area contributed by atoms with E-state index in [-0.39, 0.29) is 0 Å². The lowest BCUT2D eigenvalue weighted by Gasteiger charge is -2.07. The molecule has 0 saturated heterocycles. The van der Waals surface area contributed by atoms with Gasteiger partial charge in [-0.1, -0.05) is 26.0 Å². The zero-order chi connectivity index (χ0) is 8.97. The molecule has 12 heavy (non-hydrogen) atoms. The van der Waals surface area contributed by atoms with Crippen LogP contribution in [-0.2, 0) is 0 Å². The summed E-state index contributed by atoms with van der Waals surface area (Å²) in [6.07, 6.45) is 0. The van der Waals surface area contributed by atoms with Gasteiger partial charge in [-0.15, -0.1) is 0 Å². The fourth-order valence-electron chi connectivity index (χ4n) is 1.06. The molecule has 1 radical (unpaired) electrons. The van der Waals surface area contributed by atoms with Gasteiger partial charge in [-0.3, -0.25) is 0 Å². The summed E-state index contributed by atoms with van der Waals surface area (Å²) in [5.74, 6) is 2.27. The third-order valence-electron chi connectivity index (χ3n) is 1.72. The lowest BCUT2D eigenvalue weighted by atomic mass is 10.0. The normalized spacial score (nSPS) is 10.3. The minimum Gasteiger partial charge on any atom is -0.494 e. The van der Waals surface area contributed by atoms with Gasteiger partial charge in [0.15, 0.2) is 0 Å². The molecule has 0 bridgehead atoms. The van der Waals surface area contributed by atoms with Gasteiger partial charge in [-0.2, -0.15) is 0 Å². The number of hydrogen-bond donors (Lipinski definition) is 0. The average Bonchev–Trinajstić information content (AvgIpc) is 2.05. The number of rotatable bonds is 3. The first-order valence-corrected chi connectivity index (χ1v) is 4.27. The Kier molecular flexibility index (Phi) is 3.15. The highest BCUT2D eigenvalue weighted by Crippen LogP contribution is 2.19. The Morgan fingerprint density at radius 2 is 2.08 bits per heavy atom. The molecule has 0 saturated carbocycles. The van der Waals surface area contributed by atoms with Crippen molar-refractivity contribution in [1.29, 1.82) is 0 Å². The Balaban J connectivity index is 2.81. The van der Waals surface area contributed by atoms with Gasteiger partial charge in [-0.05, 0) is 30.5 Å². The molecule has 0 N–H and O–H groups in total. The summed E-state index contributed by atoms with van der Waals surface area (Å²) in [4.78, 5) is 0. The van der Waals surface area contributed by atoms with Crippen molar-refractivity contribution in [2.75, 3.05) is 6.61 Å². The smallest absolute Gasteiger partial charge is 0.119 e. The zero-order valence-electron chi connectivity index (χ0n) is 7.92. The molecule has 0 aromatic heterocycles. The molecule has 0 amide bonds. The van der Waals surface area contributed by atoms with Crippen molar-refractivity contribution in [1.82, 2.24) is 0 Å². The molecule has 0 atom stereocenters. The monoisotopic (exact) mass is 163 g/mol. The number of ether oxygens (including phenoxy) is 1. The fourth-order valence-corrected chi connectivity index (χ4v) is 1.06. The second kappa shape index (κ2) is 4.15. The van der Waals surface area contributed by atoms with Crippen molar-refractivity contribution >= 4 is 0 Å². The van der Waals surface area contributed by atoms with Gasteiger partial charge in [0.05, 0.1) is 6.61 Å². The fraction of sp³-hybridized carbons (Fsp3) is 0.364. The van der Waals surface area contributed by atoms with Crippen LogP contribution < -0.4 is 4.74 Å². The van der Waals surface area contributed by atoms with Crippen LogP contribution >= 0.6 is 0 Å². The van der Waals surface area contributed by atoms with Crippen LogP contribution in [0.4, 0.5) is 0 Å². The van der Waals surface area contributed by atoms with Gasteiger partial charge < -0.3 is 4.74 Å². The molecule has 1 aromatic rings. The molecule has 0 heterocycles. The molecule has 0 unspecified atom stereocenters. The van der Waals surface area contributed by atoms with Crippen molar-refractivity contribution in [2.24, 2.45) is 0 Å². The summed E-state index contributed by atoms with van der Waals surface area (Å²) in [7, 11) is 0. The summed E-state index contributed by atoms with van der Waals surface area (Å²) in [5, 5.41) is 0. The van der Waals surface area contributed by atoms with E-state index in [1.54, 1.807) is 0 Å². The van der Waals surface area contributed by atoms with Crippen LogP contribution in [0.2, 0.25) is 0 Å². The van der Waals surface area contributed by atoms with Crippen molar-refractivity contribution in [3.63, 3.8) is 0 Å². The van der Waals surface area contributed by atoms with E-state index < -0.39 is 0 Å². The van der Waals surface area contributed by atoms with Gasteiger partial charge in [0.1, 0.15) is 5.75 Å². The van der Waals surface area contributed by atoms with Gasteiger partial charge in [0.25, 0.3) is 0 Å². The Bertz CT molecular complexity index is 241. The molecule has 1 aromatic carbocycles. The Hall–Kier alpha value is -0.980. The van der Waals surface area contributed by atoms with E-state index in [4.69, 9.17) is 4.74 Å². The molecule has 0 aliphatic carbocycles. The van der Waals surface area contributed by atoms with Crippen LogP contribution in [0.3, 0.4) is 0 Å². The first kappa shape index (κ1) is 9.11. The summed E-state index contributed by atoms with van der Waals surface area (Å²) in [5.41, 5.74) is 1.25. The molecular weight excluding hydrogens is 148 g/mol. The maximum Gasteiger partial charge on any atom is 0.119 e. The third kappa shape index (κ3) is 2.26. The van der Waals surface area contributed by atoms with E-state index in [9.17, 15) is 0 Å². The Morgan fingerprint density at radius 3 is 2.67 bits per heavy atom. The van der Waals surface area contributed by atoms with Crippen molar-refractivity contribution in [3.8, 4) is 5.75 Å². The maximum absolute atomic E-state index is 5.38. The minimum atomic E-state index is 0.728. The first-order valence-electron chi connectivity index (χ1n) is 4.27. The van der Waals surface area contributed by atoms with Gasteiger partial charge in [-0.25, -0.2) is 0 Å². The van der Waals surface area contributed by atoms with Crippen molar-refractivity contribution in [2.45, 2.75) is 20.8 Å². The Labute approximate surface area is 74.4 Å². The van der Waals surface area contributed by atoms with E-state index in [1.165, 1.54) is 11.5 Å². The number of hydrogen-bond acceptors (Lipinski definition) is 1.